The highest BCUT2D eigenvalue weighted by Crippen LogP contribution is 2.35. The number of aromatic amines is 1. The topological polar surface area (TPSA) is 69.6 Å². The largest absolute Gasteiger partial charge is 0.494 e. The zero-order chi connectivity index (χ0) is 22.4. The number of hydrogen-bond donors (Lipinski definition) is 1. The van der Waals surface area contributed by atoms with Crippen molar-refractivity contribution in [2.24, 2.45) is 4.99 Å². The molecule has 6 rings (SSSR count). The number of anilines is 1. The number of nitrogens with zero attached hydrogens (tertiary/aromatic N) is 5. The normalized spacial score (nSPS) is 16.2. The van der Waals surface area contributed by atoms with E-state index in [4.69, 9.17) is 14.7 Å². The minimum atomic E-state index is 0.731. The molecule has 0 bridgehead atoms. The number of H-pyrrole nitrogens is 1. The van der Waals surface area contributed by atoms with Gasteiger partial charge in [-0.2, -0.15) is 0 Å². The molecule has 4 aromatic rings. The quantitative estimate of drug-likeness (QED) is 0.520. The first-order valence-corrected chi connectivity index (χ1v) is 11.3. The Kier molecular flexibility index (Phi) is 4.84. The number of ether oxygens (including phenoxy) is 1. The summed E-state index contributed by atoms with van der Waals surface area (Å²) in [6, 6.07) is 16.6. The predicted octanol–water partition coefficient (Wildman–Crippen LogP) is 4.06. The number of likely N-dealkylation sites (N-methyl/N-ethyl adjacent to an activating group) is 1. The molecule has 7 nitrogen and oxygen atoms in total. The first-order valence-electron chi connectivity index (χ1n) is 11.3. The highest BCUT2D eigenvalue weighted by atomic mass is 16.5. The first-order chi connectivity index (χ1) is 16.2. The van der Waals surface area contributed by atoms with Gasteiger partial charge >= 0.3 is 0 Å². The third-order valence-corrected chi connectivity index (χ3v) is 6.56. The van der Waals surface area contributed by atoms with Crippen LogP contribution in [0.5, 0.6) is 5.75 Å². The number of hydrogen-bond acceptors (Lipinski definition) is 6. The number of benzene rings is 2. The van der Waals surface area contributed by atoms with Gasteiger partial charge in [0.1, 0.15) is 17.0 Å². The van der Waals surface area contributed by atoms with Crippen molar-refractivity contribution < 1.29 is 4.74 Å². The van der Waals surface area contributed by atoms with Crippen LogP contribution in [0.25, 0.3) is 22.6 Å². The van der Waals surface area contributed by atoms with Gasteiger partial charge in [-0.1, -0.05) is 6.07 Å². The van der Waals surface area contributed by atoms with E-state index in [-0.39, 0.29) is 0 Å². The van der Waals surface area contributed by atoms with Gasteiger partial charge in [-0.25, -0.2) is 4.98 Å². The van der Waals surface area contributed by atoms with Crippen LogP contribution in [0.3, 0.4) is 0 Å². The molecule has 33 heavy (non-hydrogen) atoms. The van der Waals surface area contributed by atoms with Crippen LogP contribution in [-0.2, 0) is 6.42 Å². The van der Waals surface area contributed by atoms with Crippen molar-refractivity contribution in [3.63, 3.8) is 0 Å². The second-order valence-electron chi connectivity index (χ2n) is 8.71. The van der Waals surface area contributed by atoms with E-state index in [0.29, 0.717) is 0 Å². The molecule has 0 spiro atoms. The molecule has 1 N–H and O–H groups in total. The SMILES string of the molecule is COc1cc(C2=Nc3ccc(N4CCN(C)CC4)cc3C2)cc2[nH]c(-c3ccccn3)nc12. The number of methoxy groups -OCH3 is 1. The number of imidazole rings is 1. The maximum Gasteiger partial charge on any atom is 0.157 e. The predicted molar refractivity (Wildman–Crippen MR) is 132 cm³/mol. The molecule has 2 aliphatic heterocycles. The monoisotopic (exact) mass is 438 g/mol. The molecule has 2 aromatic heterocycles. The summed E-state index contributed by atoms with van der Waals surface area (Å²) in [6.45, 7) is 4.33. The Bertz CT molecular complexity index is 1350. The number of piperazine rings is 1. The van der Waals surface area contributed by atoms with Gasteiger partial charge in [0.2, 0.25) is 0 Å². The van der Waals surface area contributed by atoms with E-state index in [9.17, 15) is 0 Å². The number of fused-ring (bicyclic) bond motifs is 2. The smallest absolute Gasteiger partial charge is 0.157 e. The average molecular weight is 439 g/mol. The van der Waals surface area contributed by atoms with Crippen molar-refractivity contribution in [2.45, 2.75) is 6.42 Å². The summed E-state index contributed by atoms with van der Waals surface area (Å²) >= 11 is 0. The standard InChI is InChI=1S/C26H26N6O/c1-31-9-11-32(12-10-31)19-6-7-20-17(13-19)14-22(28-20)18-15-23-25(24(16-18)33-2)30-26(29-23)21-5-3-4-8-27-21/h3-8,13,15-16H,9-12,14H2,1-2H3,(H,29,30). The lowest BCUT2D eigenvalue weighted by atomic mass is 10.0. The second kappa shape index (κ2) is 8.01. The van der Waals surface area contributed by atoms with Crippen molar-refractivity contribution in [3.05, 3.63) is 65.9 Å². The molecule has 2 aliphatic rings. The van der Waals surface area contributed by atoms with Gasteiger partial charge in [0.15, 0.2) is 5.82 Å². The van der Waals surface area contributed by atoms with Crippen molar-refractivity contribution >= 4 is 28.1 Å². The Labute approximate surface area is 192 Å². The van der Waals surface area contributed by atoms with Crippen LogP contribution in [0.2, 0.25) is 0 Å². The van der Waals surface area contributed by atoms with Crippen molar-refractivity contribution in [1.29, 1.82) is 0 Å². The molecule has 0 aliphatic carbocycles. The van der Waals surface area contributed by atoms with Crippen LogP contribution in [-0.4, -0.2) is 65.9 Å². The molecule has 7 heteroatoms. The molecule has 4 heterocycles. The van der Waals surface area contributed by atoms with Crippen molar-refractivity contribution in [3.8, 4) is 17.3 Å². The number of aromatic nitrogens is 3. The van der Waals surface area contributed by atoms with E-state index >= 15 is 0 Å². The fourth-order valence-corrected chi connectivity index (χ4v) is 4.65. The summed E-state index contributed by atoms with van der Waals surface area (Å²) in [5, 5.41) is 0. The fourth-order valence-electron chi connectivity index (χ4n) is 4.65. The Hall–Kier alpha value is -3.71. The zero-order valence-electron chi connectivity index (χ0n) is 18.9. The van der Waals surface area contributed by atoms with E-state index in [1.54, 1.807) is 13.3 Å². The van der Waals surface area contributed by atoms with Gasteiger partial charge in [-0.3, -0.25) is 9.98 Å². The van der Waals surface area contributed by atoms with Crippen LogP contribution >= 0.6 is 0 Å². The molecule has 1 saturated heterocycles. The lowest BCUT2D eigenvalue weighted by molar-refractivity contribution is 0.313. The third kappa shape index (κ3) is 3.64. The molecule has 2 aromatic carbocycles. The minimum absolute atomic E-state index is 0.731. The maximum atomic E-state index is 5.69. The summed E-state index contributed by atoms with van der Waals surface area (Å²) in [7, 11) is 3.87. The van der Waals surface area contributed by atoms with Crippen LogP contribution in [0.15, 0.2) is 59.7 Å². The molecular weight excluding hydrogens is 412 g/mol. The van der Waals surface area contributed by atoms with Gasteiger partial charge < -0.3 is 19.5 Å². The molecule has 0 saturated carbocycles. The van der Waals surface area contributed by atoms with E-state index in [0.717, 1.165) is 77.9 Å². The van der Waals surface area contributed by atoms with E-state index in [1.165, 1.54) is 11.3 Å². The van der Waals surface area contributed by atoms with E-state index < -0.39 is 0 Å². The molecule has 0 unspecified atom stereocenters. The van der Waals surface area contributed by atoms with Gasteiger partial charge in [-0.05, 0) is 55.1 Å². The summed E-state index contributed by atoms with van der Waals surface area (Å²) < 4.78 is 5.69. The zero-order valence-corrected chi connectivity index (χ0v) is 18.9. The third-order valence-electron chi connectivity index (χ3n) is 6.56. The van der Waals surface area contributed by atoms with Crippen LogP contribution in [0.1, 0.15) is 11.1 Å². The van der Waals surface area contributed by atoms with Crippen LogP contribution in [0, 0.1) is 0 Å². The Balaban J connectivity index is 1.31. The molecule has 0 atom stereocenters. The average Bonchev–Trinajstić information content (AvgIpc) is 3.48. The number of rotatable bonds is 4. The number of pyridine rings is 1. The maximum absolute atomic E-state index is 5.69. The Morgan fingerprint density at radius 3 is 2.67 bits per heavy atom. The Morgan fingerprint density at radius 2 is 1.88 bits per heavy atom. The summed E-state index contributed by atoms with van der Waals surface area (Å²) in [5.41, 5.74) is 8.25. The van der Waals surface area contributed by atoms with Crippen LogP contribution in [0.4, 0.5) is 11.4 Å². The summed E-state index contributed by atoms with van der Waals surface area (Å²) in [6.07, 6.45) is 2.58. The van der Waals surface area contributed by atoms with Gasteiger partial charge in [0, 0.05) is 50.0 Å². The van der Waals surface area contributed by atoms with Gasteiger partial charge in [0.05, 0.1) is 24.0 Å². The molecule has 166 valence electrons. The highest BCUT2D eigenvalue weighted by molar-refractivity contribution is 6.09. The van der Waals surface area contributed by atoms with Crippen molar-refractivity contribution in [2.75, 3.05) is 45.2 Å². The van der Waals surface area contributed by atoms with Crippen LogP contribution < -0.4 is 9.64 Å². The van der Waals surface area contributed by atoms with E-state index in [1.807, 2.05) is 24.3 Å². The summed E-state index contributed by atoms with van der Waals surface area (Å²) in [4.78, 5) is 22.4. The molecule has 1 fully saturated rings. The first kappa shape index (κ1) is 19.9. The van der Waals surface area contributed by atoms with Gasteiger partial charge in [0.25, 0.3) is 0 Å². The number of nitrogens with one attached hydrogen (secondary N) is 1. The van der Waals surface area contributed by atoms with Crippen molar-refractivity contribution in [1.82, 2.24) is 19.9 Å². The highest BCUT2D eigenvalue weighted by Gasteiger charge is 2.21. The number of aliphatic imine (C=N–C) groups is 1. The van der Waals surface area contributed by atoms with E-state index in [2.05, 4.69) is 51.1 Å². The molecular formula is C26H26N6O. The van der Waals surface area contributed by atoms with Gasteiger partial charge in [-0.15, -0.1) is 0 Å². The second-order valence-corrected chi connectivity index (χ2v) is 8.71. The molecule has 0 amide bonds. The minimum Gasteiger partial charge on any atom is -0.494 e. The lowest BCUT2D eigenvalue weighted by Crippen LogP contribution is -2.44. The fraction of sp³-hybridized carbons (Fsp3) is 0.269. The summed E-state index contributed by atoms with van der Waals surface area (Å²) in [5.74, 6) is 1.47. The Morgan fingerprint density at radius 1 is 1.00 bits per heavy atom. The lowest BCUT2D eigenvalue weighted by Gasteiger charge is -2.34. The molecule has 0 radical (unpaired) electrons.